The van der Waals surface area contributed by atoms with Gasteiger partial charge in [0, 0.05) is 6.04 Å². The number of unbranched alkanes of at least 4 members (excludes halogenated alkanes) is 2. The molecule has 8 nitrogen and oxygen atoms in total. The Labute approximate surface area is 269 Å². The van der Waals surface area contributed by atoms with Gasteiger partial charge in [-0.25, -0.2) is 4.18 Å². The first-order valence-electron chi connectivity index (χ1n) is 18.3. The van der Waals surface area contributed by atoms with Crippen molar-refractivity contribution in [2.24, 2.45) is 58.0 Å². The SMILES string of the molecule is CC(CC[C@@H](OS(=O)(=O)O)C(C)C)[C@H]1CCC2C3C(CC[C@@]21C)[C@@]1(C)CC[C@H](NCCCCNCCCCN)CC1C[C@@H]3O. The van der Waals surface area contributed by atoms with Crippen molar-refractivity contribution in [1.29, 1.82) is 0 Å². The lowest BCUT2D eigenvalue weighted by atomic mass is 9.43. The second-order valence-electron chi connectivity index (χ2n) is 16.3. The summed E-state index contributed by atoms with van der Waals surface area (Å²) in [5, 5.41) is 19.2. The largest absolute Gasteiger partial charge is 0.397 e. The van der Waals surface area contributed by atoms with Crippen LogP contribution in [0.1, 0.15) is 125 Å². The molecule has 5 unspecified atom stereocenters. The number of aliphatic hydroxyl groups excluding tert-OH is 1. The fourth-order valence-electron chi connectivity index (χ4n) is 10.9. The minimum Gasteiger partial charge on any atom is -0.393 e. The molecule has 6 N–H and O–H groups in total. The molecule has 4 rings (SSSR count). The molecule has 0 bridgehead atoms. The topological polar surface area (TPSA) is 134 Å². The van der Waals surface area contributed by atoms with Crippen LogP contribution in [0.15, 0.2) is 0 Å². The van der Waals surface area contributed by atoms with Crippen molar-refractivity contribution in [1.82, 2.24) is 10.6 Å². The van der Waals surface area contributed by atoms with E-state index in [4.69, 9.17) is 9.92 Å². The molecule has 0 aromatic heterocycles. The Hall–Kier alpha value is -0.290. The summed E-state index contributed by atoms with van der Waals surface area (Å²) in [6.07, 6.45) is 15.1. The summed E-state index contributed by atoms with van der Waals surface area (Å²) >= 11 is 0. The molecule has 0 spiro atoms. The summed E-state index contributed by atoms with van der Waals surface area (Å²) in [6.45, 7) is 15.4. The third-order valence-corrected chi connectivity index (χ3v) is 13.9. The molecule has 258 valence electrons. The molecule has 4 aliphatic rings. The summed E-state index contributed by atoms with van der Waals surface area (Å²) in [7, 11) is -4.45. The molecule has 0 aliphatic heterocycles. The van der Waals surface area contributed by atoms with E-state index in [9.17, 15) is 18.1 Å². The molecule has 0 aromatic carbocycles. The van der Waals surface area contributed by atoms with Gasteiger partial charge in [-0.05, 0) is 168 Å². The molecule has 4 saturated carbocycles. The standard InChI is InChI=1S/C35H67N3O5S/c1-24(2)32(43-44(40,41)42)13-10-25(3)28-11-12-29-33-30(15-17-35(28,29)5)34(4)16-14-27(22-26(34)23-31(33)39)38-21-9-8-20-37-19-7-6-18-36/h24-33,37-39H,6-23,36H2,1-5H3,(H,40,41,42)/t25?,26?,27-,28+,29?,30?,31-,32+,33?,34-,35+/m0/s1. The summed E-state index contributed by atoms with van der Waals surface area (Å²) < 4.78 is 37.1. The van der Waals surface area contributed by atoms with Gasteiger partial charge in [-0.1, -0.05) is 34.6 Å². The third kappa shape index (κ3) is 8.59. The number of nitrogens with two attached hydrogens (primary N) is 1. The zero-order chi connectivity index (χ0) is 32.1. The number of fused-ring (bicyclic) bond motifs is 5. The Morgan fingerprint density at radius 2 is 1.55 bits per heavy atom. The molecule has 0 heterocycles. The number of nitrogens with one attached hydrogen (secondary N) is 2. The fraction of sp³-hybridized carbons (Fsp3) is 1.00. The van der Waals surface area contributed by atoms with E-state index in [1.807, 2.05) is 13.8 Å². The molecule has 0 saturated heterocycles. The second-order valence-corrected chi connectivity index (χ2v) is 17.3. The zero-order valence-corrected chi connectivity index (χ0v) is 29.4. The molecule has 44 heavy (non-hydrogen) atoms. The van der Waals surface area contributed by atoms with E-state index in [-0.39, 0.29) is 17.4 Å². The molecule has 0 radical (unpaired) electrons. The van der Waals surface area contributed by atoms with Crippen LogP contribution >= 0.6 is 0 Å². The Morgan fingerprint density at radius 1 is 0.886 bits per heavy atom. The van der Waals surface area contributed by atoms with Gasteiger partial charge in [0.25, 0.3) is 0 Å². The fourth-order valence-corrected chi connectivity index (χ4v) is 11.5. The van der Waals surface area contributed by atoms with Crippen molar-refractivity contribution in [2.45, 2.75) is 143 Å². The van der Waals surface area contributed by atoms with Gasteiger partial charge in [-0.3, -0.25) is 4.55 Å². The summed E-state index contributed by atoms with van der Waals surface area (Å²) in [5.74, 6) is 3.23. The smallest absolute Gasteiger partial charge is 0.393 e. The number of hydrogen-bond acceptors (Lipinski definition) is 7. The van der Waals surface area contributed by atoms with E-state index in [1.165, 1.54) is 64.2 Å². The van der Waals surface area contributed by atoms with E-state index >= 15 is 0 Å². The van der Waals surface area contributed by atoms with Gasteiger partial charge >= 0.3 is 10.4 Å². The van der Waals surface area contributed by atoms with E-state index < -0.39 is 16.5 Å². The predicted octanol–water partition coefficient (Wildman–Crippen LogP) is 5.94. The van der Waals surface area contributed by atoms with Crippen LogP contribution in [0.3, 0.4) is 0 Å². The van der Waals surface area contributed by atoms with Crippen molar-refractivity contribution in [3.8, 4) is 0 Å². The highest BCUT2D eigenvalue weighted by Gasteiger charge is 2.62. The third-order valence-electron chi connectivity index (χ3n) is 13.4. The van der Waals surface area contributed by atoms with Crippen LogP contribution in [-0.4, -0.2) is 62.5 Å². The molecule has 9 heteroatoms. The number of rotatable bonds is 17. The van der Waals surface area contributed by atoms with Gasteiger partial charge in [-0.2, -0.15) is 8.42 Å². The van der Waals surface area contributed by atoms with E-state index in [0.717, 1.165) is 45.4 Å². The highest BCUT2D eigenvalue weighted by Crippen LogP contribution is 2.68. The van der Waals surface area contributed by atoms with Crippen molar-refractivity contribution < 1.29 is 22.3 Å². The van der Waals surface area contributed by atoms with Crippen LogP contribution in [0.5, 0.6) is 0 Å². The van der Waals surface area contributed by atoms with Crippen molar-refractivity contribution in [3.63, 3.8) is 0 Å². The zero-order valence-electron chi connectivity index (χ0n) is 28.6. The molecule has 0 aromatic rings. The Balaban J connectivity index is 1.29. The van der Waals surface area contributed by atoms with Gasteiger partial charge < -0.3 is 21.5 Å². The van der Waals surface area contributed by atoms with Crippen LogP contribution in [0.4, 0.5) is 0 Å². The van der Waals surface area contributed by atoms with Crippen molar-refractivity contribution in [2.75, 3.05) is 26.2 Å². The van der Waals surface area contributed by atoms with E-state index in [0.29, 0.717) is 53.4 Å². The molecular formula is C35H67N3O5S. The summed E-state index contributed by atoms with van der Waals surface area (Å²) in [6, 6.07) is 0.583. The van der Waals surface area contributed by atoms with Crippen LogP contribution < -0.4 is 16.4 Å². The molecular weight excluding hydrogens is 574 g/mol. The lowest BCUT2D eigenvalue weighted by Gasteiger charge is -2.62. The normalized spacial score (nSPS) is 38.6. The van der Waals surface area contributed by atoms with Crippen LogP contribution in [0.25, 0.3) is 0 Å². The number of hydrogen-bond donors (Lipinski definition) is 5. The first kappa shape index (κ1) is 36.5. The average molecular weight is 642 g/mol. The van der Waals surface area contributed by atoms with Crippen molar-refractivity contribution in [3.05, 3.63) is 0 Å². The predicted molar refractivity (Wildman–Crippen MR) is 178 cm³/mol. The second kappa shape index (κ2) is 15.7. The highest BCUT2D eigenvalue weighted by atomic mass is 32.3. The van der Waals surface area contributed by atoms with E-state index in [1.54, 1.807) is 0 Å². The summed E-state index contributed by atoms with van der Waals surface area (Å²) in [4.78, 5) is 0. The minimum atomic E-state index is -4.45. The maximum Gasteiger partial charge on any atom is 0.397 e. The first-order valence-corrected chi connectivity index (χ1v) is 19.6. The van der Waals surface area contributed by atoms with Crippen LogP contribution in [0.2, 0.25) is 0 Å². The Morgan fingerprint density at radius 3 is 2.23 bits per heavy atom. The minimum absolute atomic E-state index is 0.0155. The molecule has 4 aliphatic carbocycles. The van der Waals surface area contributed by atoms with Crippen LogP contribution in [-0.2, 0) is 14.6 Å². The van der Waals surface area contributed by atoms with Crippen LogP contribution in [0, 0.1) is 52.3 Å². The van der Waals surface area contributed by atoms with Gasteiger partial charge in [-0.15, -0.1) is 0 Å². The van der Waals surface area contributed by atoms with Gasteiger partial charge in [0.05, 0.1) is 12.2 Å². The maximum absolute atomic E-state index is 11.8. The summed E-state index contributed by atoms with van der Waals surface area (Å²) in [5.41, 5.74) is 6.13. The first-order chi connectivity index (χ1) is 20.8. The average Bonchev–Trinajstić information content (AvgIpc) is 3.31. The molecule has 11 atom stereocenters. The Kier molecular flexibility index (Phi) is 13.1. The van der Waals surface area contributed by atoms with Gasteiger partial charge in [0.1, 0.15) is 0 Å². The quantitative estimate of drug-likeness (QED) is 0.0973. The maximum atomic E-state index is 11.8. The van der Waals surface area contributed by atoms with Gasteiger partial charge in [0.15, 0.2) is 0 Å². The lowest BCUT2D eigenvalue weighted by Crippen LogP contribution is -2.59. The van der Waals surface area contributed by atoms with Crippen molar-refractivity contribution >= 4 is 10.4 Å². The van der Waals surface area contributed by atoms with E-state index in [2.05, 4.69) is 31.4 Å². The Bertz CT molecular complexity index is 997. The molecule has 0 amide bonds. The number of aliphatic hydroxyl groups is 1. The molecule has 4 fully saturated rings. The highest BCUT2D eigenvalue weighted by molar-refractivity contribution is 7.80. The monoisotopic (exact) mass is 641 g/mol. The lowest BCUT2D eigenvalue weighted by molar-refractivity contribution is -0.167. The van der Waals surface area contributed by atoms with Gasteiger partial charge in [0.2, 0.25) is 0 Å².